The minimum absolute atomic E-state index is 0.135. The number of nitriles is 1. The molecule has 1 fully saturated rings. The molecule has 2 rings (SSSR count). The maximum absolute atomic E-state index is 9.40. The minimum Gasteiger partial charge on any atom is -0.309 e. The van der Waals surface area contributed by atoms with E-state index in [9.17, 15) is 5.26 Å². The van der Waals surface area contributed by atoms with Crippen molar-refractivity contribution in [2.24, 2.45) is 24.3 Å². The van der Waals surface area contributed by atoms with Gasteiger partial charge in [-0.2, -0.15) is 5.26 Å². The van der Waals surface area contributed by atoms with Gasteiger partial charge in [-0.1, -0.05) is 32.5 Å². The zero-order valence-electron chi connectivity index (χ0n) is 13.1. The third-order valence-electron chi connectivity index (χ3n) is 4.49. The predicted octanol–water partition coefficient (Wildman–Crippen LogP) is 3.57. The Balaban J connectivity index is 2.14. The monoisotopic (exact) mass is 292 g/mol. The van der Waals surface area contributed by atoms with E-state index in [1.807, 2.05) is 18.5 Å². The highest BCUT2D eigenvalue weighted by molar-refractivity contribution is 7.99. The molecule has 0 amide bonds. The number of thioether (sulfide) groups is 1. The van der Waals surface area contributed by atoms with E-state index >= 15 is 0 Å². The van der Waals surface area contributed by atoms with Crippen LogP contribution in [0.4, 0.5) is 0 Å². The first-order chi connectivity index (χ1) is 9.32. The van der Waals surface area contributed by atoms with Crippen molar-refractivity contribution in [2.45, 2.75) is 57.4 Å². The van der Waals surface area contributed by atoms with Crippen LogP contribution in [0.1, 0.15) is 45.9 Å². The first kappa shape index (κ1) is 15.4. The van der Waals surface area contributed by atoms with Crippen LogP contribution in [-0.4, -0.2) is 20.0 Å². The lowest BCUT2D eigenvalue weighted by Gasteiger charge is -2.39. The van der Waals surface area contributed by atoms with Gasteiger partial charge in [0, 0.05) is 12.3 Å². The second-order valence-corrected chi connectivity index (χ2v) is 8.06. The van der Waals surface area contributed by atoms with E-state index in [2.05, 4.69) is 37.0 Å². The Morgan fingerprint density at radius 1 is 1.30 bits per heavy atom. The maximum atomic E-state index is 9.40. The predicted molar refractivity (Wildman–Crippen MR) is 81.3 cm³/mol. The molecule has 1 heterocycles. The molecule has 0 saturated heterocycles. The fourth-order valence-corrected chi connectivity index (χ4v) is 4.16. The summed E-state index contributed by atoms with van der Waals surface area (Å²) in [4.78, 5) is 0. The molecule has 3 atom stereocenters. The topological polar surface area (TPSA) is 54.5 Å². The summed E-state index contributed by atoms with van der Waals surface area (Å²) in [7, 11) is 1.99. The summed E-state index contributed by atoms with van der Waals surface area (Å²) in [5, 5.41) is 19.0. The lowest BCUT2D eigenvalue weighted by Crippen LogP contribution is -2.33. The molecule has 1 aromatic rings. The highest BCUT2D eigenvalue weighted by Gasteiger charge is 2.37. The molecule has 1 aliphatic carbocycles. The molecular weight excluding hydrogens is 268 g/mol. The maximum Gasteiger partial charge on any atom is 0.191 e. The van der Waals surface area contributed by atoms with Crippen LogP contribution in [0.2, 0.25) is 0 Å². The fraction of sp³-hybridized carbons (Fsp3) is 0.800. The minimum atomic E-state index is 0.135. The van der Waals surface area contributed by atoms with E-state index in [1.54, 1.807) is 11.8 Å². The average molecular weight is 292 g/mol. The molecule has 0 aliphatic heterocycles. The van der Waals surface area contributed by atoms with Gasteiger partial charge < -0.3 is 4.57 Å². The second kappa shape index (κ2) is 5.77. The van der Waals surface area contributed by atoms with E-state index in [4.69, 9.17) is 0 Å². The number of aromatic nitrogens is 3. The molecule has 0 spiro atoms. The van der Waals surface area contributed by atoms with Crippen molar-refractivity contribution in [3.8, 4) is 6.07 Å². The molecule has 0 N–H and O–H groups in total. The van der Waals surface area contributed by atoms with E-state index in [0.29, 0.717) is 16.6 Å². The smallest absolute Gasteiger partial charge is 0.191 e. The molecule has 3 unspecified atom stereocenters. The highest BCUT2D eigenvalue weighted by Crippen LogP contribution is 2.45. The van der Waals surface area contributed by atoms with Gasteiger partial charge in [0.05, 0.1) is 12.0 Å². The van der Waals surface area contributed by atoms with E-state index in [1.165, 1.54) is 0 Å². The van der Waals surface area contributed by atoms with Gasteiger partial charge in [0.2, 0.25) is 0 Å². The first-order valence-corrected chi connectivity index (χ1v) is 8.13. The molecule has 110 valence electrons. The summed E-state index contributed by atoms with van der Waals surface area (Å²) in [6, 6.07) is 2.49. The molecule has 1 aromatic heterocycles. The summed E-state index contributed by atoms with van der Waals surface area (Å²) < 4.78 is 2.01. The van der Waals surface area contributed by atoms with E-state index in [0.717, 1.165) is 30.2 Å². The lowest BCUT2D eigenvalue weighted by atomic mass is 9.70. The van der Waals surface area contributed by atoms with Gasteiger partial charge in [-0.25, -0.2) is 0 Å². The van der Waals surface area contributed by atoms with Crippen molar-refractivity contribution in [3.63, 3.8) is 0 Å². The van der Waals surface area contributed by atoms with Crippen molar-refractivity contribution in [1.29, 1.82) is 5.26 Å². The van der Waals surface area contributed by atoms with Gasteiger partial charge in [-0.3, -0.25) is 0 Å². The number of aryl methyl sites for hydroxylation is 1. The standard InChI is InChI=1S/C15H24N4S/c1-10-17-18-14(19(10)5)20-13-8-12(15(2,3)4)7-6-11(13)9-16/h11-13H,6-8H2,1-5H3. The lowest BCUT2D eigenvalue weighted by molar-refractivity contribution is 0.169. The summed E-state index contributed by atoms with van der Waals surface area (Å²) in [5.41, 5.74) is 0.315. The van der Waals surface area contributed by atoms with Crippen molar-refractivity contribution in [2.75, 3.05) is 0 Å². The van der Waals surface area contributed by atoms with Crippen LogP contribution in [0.3, 0.4) is 0 Å². The Hall–Kier alpha value is -1.02. The number of nitrogens with zero attached hydrogens (tertiary/aromatic N) is 4. The Morgan fingerprint density at radius 2 is 2.00 bits per heavy atom. The molecular formula is C15H24N4S. The zero-order chi connectivity index (χ0) is 14.9. The quantitative estimate of drug-likeness (QED) is 0.836. The van der Waals surface area contributed by atoms with Crippen LogP contribution in [0.25, 0.3) is 0 Å². The van der Waals surface area contributed by atoms with Crippen LogP contribution in [0, 0.1) is 35.5 Å². The molecule has 4 nitrogen and oxygen atoms in total. The fourth-order valence-electron chi connectivity index (χ4n) is 2.82. The van der Waals surface area contributed by atoms with Gasteiger partial charge >= 0.3 is 0 Å². The van der Waals surface area contributed by atoms with Gasteiger partial charge in [-0.15, -0.1) is 10.2 Å². The van der Waals surface area contributed by atoms with Crippen LogP contribution < -0.4 is 0 Å². The van der Waals surface area contributed by atoms with Crippen LogP contribution in [-0.2, 0) is 7.05 Å². The number of rotatable bonds is 2. The number of hydrogen-bond acceptors (Lipinski definition) is 4. The van der Waals surface area contributed by atoms with Gasteiger partial charge in [-0.05, 0) is 37.5 Å². The van der Waals surface area contributed by atoms with Gasteiger partial charge in [0.15, 0.2) is 5.16 Å². The Morgan fingerprint density at radius 3 is 2.50 bits per heavy atom. The largest absolute Gasteiger partial charge is 0.309 e. The molecule has 1 saturated carbocycles. The van der Waals surface area contributed by atoms with E-state index < -0.39 is 0 Å². The SMILES string of the molecule is Cc1nnc(SC2CC(C(C)(C)C)CCC2C#N)n1C. The van der Waals surface area contributed by atoms with E-state index in [-0.39, 0.29) is 5.92 Å². The summed E-state index contributed by atoms with van der Waals surface area (Å²) >= 11 is 1.73. The molecule has 5 heteroatoms. The Labute approximate surface area is 126 Å². The van der Waals surface area contributed by atoms with Crippen LogP contribution in [0.5, 0.6) is 0 Å². The third-order valence-corrected chi connectivity index (χ3v) is 5.88. The second-order valence-electron chi connectivity index (χ2n) is 6.86. The summed E-state index contributed by atoms with van der Waals surface area (Å²) in [5.74, 6) is 1.73. The average Bonchev–Trinajstić information content (AvgIpc) is 2.69. The normalized spacial score (nSPS) is 27.3. The Bertz CT molecular complexity index is 509. The van der Waals surface area contributed by atoms with Crippen LogP contribution in [0.15, 0.2) is 5.16 Å². The molecule has 0 radical (unpaired) electrons. The molecule has 1 aliphatic rings. The van der Waals surface area contributed by atoms with Crippen molar-refractivity contribution in [3.05, 3.63) is 5.82 Å². The third kappa shape index (κ3) is 3.17. The Kier molecular flexibility index (Phi) is 4.43. The molecule has 0 aromatic carbocycles. The van der Waals surface area contributed by atoms with Crippen molar-refractivity contribution < 1.29 is 0 Å². The van der Waals surface area contributed by atoms with Crippen molar-refractivity contribution >= 4 is 11.8 Å². The van der Waals surface area contributed by atoms with Gasteiger partial charge in [0.25, 0.3) is 0 Å². The summed E-state index contributed by atoms with van der Waals surface area (Å²) in [6.45, 7) is 8.87. The molecule has 20 heavy (non-hydrogen) atoms. The zero-order valence-corrected chi connectivity index (χ0v) is 13.9. The van der Waals surface area contributed by atoms with Crippen molar-refractivity contribution in [1.82, 2.24) is 14.8 Å². The first-order valence-electron chi connectivity index (χ1n) is 7.25. The summed E-state index contributed by atoms with van der Waals surface area (Å²) in [6.07, 6.45) is 3.27. The number of hydrogen-bond donors (Lipinski definition) is 0. The van der Waals surface area contributed by atoms with Gasteiger partial charge in [0.1, 0.15) is 5.82 Å². The van der Waals surface area contributed by atoms with Crippen LogP contribution >= 0.6 is 11.8 Å². The molecule has 0 bridgehead atoms. The highest BCUT2D eigenvalue weighted by atomic mass is 32.2.